The van der Waals surface area contributed by atoms with Crippen LogP contribution in [0.5, 0.6) is 0 Å². The molecule has 2 aromatic rings. The number of benzene rings is 2. The number of carbonyl (C=O) groups excluding carboxylic acids is 3. The van der Waals surface area contributed by atoms with Crippen LogP contribution < -0.4 is 16.4 Å². The lowest BCUT2D eigenvalue weighted by Gasteiger charge is -2.13. The van der Waals surface area contributed by atoms with Crippen molar-refractivity contribution in [1.82, 2.24) is 0 Å². The first-order valence-electron chi connectivity index (χ1n) is 8.74. The number of carbonyl (C=O) groups is 3. The lowest BCUT2D eigenvalue weighted by atomic mass is 10.0. The van der Waals surface area contributed by atoms with Crippen LogP contribution >= 0.6 is 0 Å². The lowest BCUT2D eigenvalue weighted by molar-refractivity contribution is -0.137. The molecule has 7 nitrogen and oxygen atoms in total. The van der Waals surface area contributed by atoms with Gasteiger partial charge in [-0.1, -0.05) is 6.07 Å². The van der Waals surface area contributed by atoms with E-state index < -0.39 is 12.0 Å². The highest BCUT2D eigenvalue weighted by Gasteiger charge is 2.11. The number of aryl methyl sites for hydroxylation is 2. The zero-order valence-corrected chi connectivity index (χ0v) is 16.0. The third-order valence-corrected chi connectivity index (χ3v) is 3.88. The number of primary amides is 1. The van der Waals surface area contributed by atoms with E-state index >= 15 is 0 Å². The van der Waals surface area contributed by atoms with Crippen molar-refractivity contribution >= 4 is 35.4 Å². The standard InChI is InChI=1S/C21H23N3O4/c1-4-28-18(25)9-8-15-10-13(2)19(14(3)11-15)24-20(26)16-6-5-7-17(12-16)23-21(22)27/h5-12H,4H2,1-3H3,(H,24,26)(H3,22,23,27)/b9-8+. The molecule has 0 saturated carbocycles. The van der Waals surface area contributed by atoms with Crippen molar-refractivity contribution in [3.05, 3.63) is 64.7 Å². The first-order chi connectivity index (χ1) is 13.3. The monoisotopic (exact) mass is 381 g/mol. The van der Waals surface area contributed by atoms with E-state index in [1.54, 1.807) is 37.3 Å². The van der Waals surface area contributed by atoms with Crippen LogP contribution in [0.1, 0.15) is 34.0 Å². The van der Waals surface area contributed by atoms with Crippen molar-refractivity contribution in [1.29, 1.82) is 0 Å². The number of anilines is 2. The molecular weight excluding hydrogens is 358 g/mol. The van der Waals surface area contributed by atoms with Crippen LogP contribution in [0.2, 0.25) is 0 Å². The third kappa shape index (κ3) is 5.70. The van der Waals surface area contributed by atoms with E-state index in [0.717, 1.165) is 16.7 Å². The molecule has 4 N–H and O–H groups in total. The van der Waals surface area contributed by atoms with E-state index in [1.807, 2.05) is 26.0 Å². The minimum Gasteiger partial charge on any atom is -0.463 e. The van der Waals surface area contributed by atoms with E-state index in [2.05, 4.69) is 10.6 Å². The Balaban J connectivity index is 2.19. The molecule has 28 heavy (non-hydrogen) atoms. The fourth-order valence-electron chi connectivity index (χ4n) is 2.71. The van der Waals surface area contributed by atoms with Gasteiger partial charge in [0.25, 0.3) is 5.91 Å². The first-order valence-corrected chi connectivity index (χ1v) is 8.74. The Morgan fingerprint density at radius 2 is 1.75 bits per heavy atom. The van der Waals surface area contributed by atoms with Gasteiger partial charge >= 0.3 is 12.0 Å². The summed E-state index contributed by atoms with van der Waals surface area (Å²) >= 11 is 0. The number of hydrogen-bond acceptors (Lipinski definition) is 4. The minimum atomic E-state index is -0.698. The summed E-state index contributed by atoms with van der Waals surface area (Å²) in [6, 6.07) is 9.51. The van der Waals surface area contributed by atoms with Crippen molar-refractivity contribution in [2.45, 2.75) is 20.8 Å². The summed E-state index contributed by atoms with van der Waals surface area (Å²) in [5.74, 6) is -0.714. The highest BCUT2D eigenvalue weighted by molar-refractivity contribution is 6.06. The average Bonchev–Trinajstić information content (AvgIpc) is 2.63. The average molecular weight is 381 g/mol. The number of nitrogens with one attached hydrogen (secondary N) is 2. The van der Waals surface area contributed by atoms with E-state index in [4.69, 9.17) is 10.5 Å². The smallest absolute Gasteiger partial charge is 0.330 e. The molecule has 0 aliphatic heterocycles. The molecule has 0 aliphatic carbocycles. The lowest BCUT2D eigenvalue weighted by Crippen LogP contribution is -2.20. The topological polar surface area (TPSA) is 111 Å². The Labute approximate surface area is 163 Å². The van der Waals surface area contributed by atoms with Crippen LogP contribution in [0.3, 0.4) is 0 Å². The van der Waals surface area contributed by atoms with E-state index in [1.165, 1.54) is 6.08 Å². The van der Waals surface area contributed by atoms with Crippen LogP contribution in [0.4, 0.5) is 16.2 Å². The Bertz CT molecular complexity index is 912. The van der Waals surface area contributed by atoms with E-state index in [-0.39, 0.29) is 5.91 Å². The van der Waals surface area contributed by atoms with Crippen molar-refractivity contribution in [2.75, 3.05) is 17.2 Å². The molecule has 3 amide bonds. The molecule has 0 heterocycles. The number of nitrogens with two attached hydrogens (primary N) is 1. The van der Waals surface area contributed by atoms with E-state index in [0.29, 0.717) is 23.5 Å². The molecule has 146 valence electrons. The van der Waals surface area contributed by atoms with Gasteiger partial charge in [-0.3, -0.25) is 4.79 Å². The van der Waals surface area contributed by atoms with Crippen LogP contribution in [0.25, 0.3) is 6.08 Å². The molecule has 0 unspecified atom stereocenters. The number of esters is 1. The van der Waals surface area contributed by atoms with Gasteiger partial charge in [0.1, 0.15) is 0 Å². The number of amides is 3. The number of rotatable bonds is 6. The van der Waals surface area contributed by atoms with Gasteiger partial charge < -0.3 is 21.1 Å². The molecule has 0 atom stereocenters. The van der Waals surface area contributed by atoms with Gasteiger partial charge in [0.05, 0.1) is 6.61 Å². The molecule has 0 aromatic heterocycles. The molecule has 0 spiro atoms. The van der Waals surface area contributed by atoms with Gasteiger partial charge in [-0.25, -0.2) is 9.59 Å². The Kier molecular flexibility index (Phi) is 6.92. The zero-order chi connectivity index (χ0) is 20.7. The SMILES string of the molecule is CCOC(=O)/C=C/c1cc(C)c(NC(=O)c2cccc(NC(N)=O)c2)c(C)c1. The Hall–Kier alpha value is -3.61. The maximum Gasteiger partial charge on any atom is 0.330 e. The van der Waals surface area contributed by atoms with Gasteiger partial charge in [0, 0.05) is 23.0 Å². The number of hydrogen-bond donors (Lipinski definition) is 3. The van der Waals surface area contributed by atoms with Crippen LogP contribution in [0.15, 0.2) is 42.5 Å². The summed E-state index contributed by atoms with van der Waals surface area (Å²) in [6.07, 6.45) is 3.04. The maximum atomic E-state index is 12.6. The highest BCUT2D eigenvalue weighted by Crippen LogP contribution is 2.24. The number of ether oxygens (including phenoxy) is 1. The molecular formula is C21H23N3O4. The second kappa shape index (κ2) is 9.36. The molecule has 0 fully saturated rings. The van der Waals surface area contributed by atoms with Gasteiger partial charge in [-0.15, -0.1) is 0 Å². The third-order valence-electron chi connectivity index (χ3n) is 3.88. The molecule has 2 aromatic carbocycles. The Morgan fingerprint density at radius 3 is 2.36 bits per heavy atom. The predicted octanol–water partition coefficient (Wildman–Crippen LogP) is 3.62. The summed E-state index contributed by atoms with van der Waals surface area (Å²) in [5, 5.41) is 5.33. The minimum absolute atomic E-state index is 0.311. The molecule has 0 radical (unpaired) electrons. The van der Waals surface area contributed by atoms with Crippen molar-refractivity contribution in [3.63, 3.8) is 0 Å². The Morgan fingerprint density at radius 1 is 1.07 bits per heavy atom. The van der Waals surface area contributed by atoms with Crippen molar-refractivity contribution in [3.8, 4) is 0 Å². The summed E-state index contributed by atoms with van der Waals surface area (Å²) < 4.78 is 4.87. The zero-order valence-electron chi connectivity index (χ0n) is 16.0. The number of urea groups is 1. The van der Waals surface area contributed by atoms with E-state index in [9.17, 15) is 14.4 Å². The summed E-state index contributed by atoms with van der Waals surface area (Å²) in [6.45, 7) is 5.81. The summed E-state index contributed by atoms with van der Waals surface area (Å²) in [7, 11) is 0. The van der Waals surface area contributed by atoms with Crippen LogP contribution in [-0.4, -0.2) is 24.5 Å². The quantitative estimate of drug-likeness (QED) is 0.524. The van der Waals surface area contributed by atoms with Gasteiger partial charge in [0.15, 0.2) is 0 Å². The molecule has 0 saturated heterocycles. The van der Waals surface area contributed by atoms with Gasteiger partial charge in [0.2, 0.25) is 0 Å². The highest BCUT2D eigenvalue weighted by atomic mass is 16.5. The molecule has 2 rings (SSSR count). The normalized spacial score (nSPS) is 10.5. The molecule has 0 aliphatic rings. The first kappa shape index (κ1) is 20.7. The van der Waals surface area contributed by atoms with Crippen molar-refractivity contribution in [2.24, 2.45) is 5.73 Å². The largest absolute Gasteiger partial charge is 0.463 e. The van der Waals surface area contributed by atoms with Gasteiger partial charge in [-0.05, 0) is 73.9 Å². The van der Waals surface area contributed by atoms with Gasteiger partial charge in [-0.2, -0.15) is 0 Å². The van der Waals surface area contributed by atoms with Crippen LogP contribution in [0, 0.1) is 13.8 Å². The molecule has 7 heteroatoms. The fraction of sp³-hybridized carbons (Fsp3) is 0.190. The second-order valence-electron chi connectivity index (χ2n) is 6.14. The molecule has 0 bridgehead atoms. The van der Waals surface area contributed by atoms with Crippen molar-refractivity contribution < 1.29 is 19.1 Å². The summed E-state index contributed by atoms with van der Waals surface area (Å²) in [5.41, 5.74) is 9.14. The summed E-state index contributed by atoms with van der Waals surface area (Å²) in [4.78, 5) is 35.0. The predicted molar refractivity (Wildman–Crippen MR) is 109 cm³/mol. The second-order valence-corrected chi connectivity index (χ2v) is 6.14. The fourth-order valence-corrected chi connectivity index (χ4v) is 2.71. The maximum absolute atomic E-state index is 12.6. The van der Waals surface area contributed by atoms with Crippen LogP contribution in [-0.2, 0) is 9.53 Å².